The highest BCUT2D eigenvalue weighted by Gasteiger charge is 2.05. The topological polar surface area (TPSA) is 12.9 Å². The minimum atomic E-state index is 0.761. The first-order valence-electron chi connectivity index (χ1n) is 4.31. The largest absolute Gasteiger partial charge is 0.253 e. The molecule has 2 rings (SSSR count). The number of hydrogen-bond acceptors (Lipinski definition) is 1. The summed E-state index contributed by atoms with van der Waals surface area (Å²) in [4.78, 5) is 4.47. The van der Waals surface area contributed by atoms with Gasteiger partial charge in [0.05, 0.1) is 10.5 Å². The molecule has 14 heavy (non-hydrogen) atoms. The Labute approximate surface area is 96.2 Å². The van der Waals surface area contributed by atoms with E-state index in [1.807, 2.05) is 32.0 Å². The number of pyridine rings is 1. The van der Waals surface area contributed by atoms with Gasteiger partial charge in [0.15, 0.2) is 0 Å². The first-order valence-corrected chi connectivity index (χ1v) is 5.48. The third kappa shape index (κ3) is 1.64. The maximum absolute atomic E-state index is 6.15. The fourth-order valence-electron chi connectivity index (χ4n) is 1.54. The van der Waals surface area contributed by atoms with Gasteiger partial charge in [-0.05, 0) is 37.6 Å². The number of nitrogens with zero attached hydrogens (tertiary/aromatic N) is 1. The maximum atomic E-state index is 6.15. The van der Waals surface area contributed by atoms with E-state index in [0.29, 0.717) is 0 Å². The zero-order chi connectivity index (χ0) is 10.3. The third-order valence-electron chi connectivity index (χ3n) is 2.15. The molecule has 1 nitrogen and oxygen atoms in total. The molecule has 3 heteroatoms. The number of hydrogen-bond donors (Lipinski definition) is 0. The number of rotatable bonds is 0. The van der Waals surface area contributed by atoms with Gasteiger partial charge in [-0.3, -0.25) is 4.98 Å². The van der Waals surface area contributed by atoms with Crippen LogP contribution in [0, 0.1) is 13.8 Å². The molecule has 1 heterocycles. The molecule has 0 aliphatic rings. The van der Waals surface area contributed by atoms with Gasteiger partial charge < -0.3 is 0 Å². The van der Waals surface area contributed by atoms with E-state index in [1.54, 1.807) is 0 Å². The highest BCUT2D eigenvalue weighted by Crippen LogP contribution is 2.28. The van der Waals surface area contributed by atoms with E-state index < -0.39 is 0 Å². The zero-order valence-corrected chi connectivity index (χ0v) is 10.3. The molecule has 2 aromatic rings. The lowest BCUT2D eigenvalue weighted by atomic mass is 10.1. The minimum absolute atomic E-state index is 0.761. The van der Waals surface area contributed by atoms with Crippen molar-refractivity contribution in [2.24, 2.45) is 0 Å². The predicted octanol–water partition coefficient (Wildman–Crippen LogP) is 4.27. The summed E-state index contributed by atoms with van der Waals surface area (Å²) in [7, 11) is 0. The Morgan fingerprint density at radius 3 is 2.64 bits per heavy atom. The summed E-state index contributed by atoms with van der Waals surface area (Å²) in [6.07, 6.45) is 0. The molecule has 0 spiro atoms. The molecular formula is C11H9BrClN. The molecular weight excluding hydrogens is 261 g/mol. The van der Waals surface area contributed by atoms with Crippen molar-refractivity contribution >= 4 is 38.4 Å². The van der Waals surface area contributed by atoms with Crippen LogP contribution in [0.2, 0.25) is 5.02 Å². The fraction of sp³-hybridized carbons (Fsp3) is 0.182. The molecule has 1 aromatic heterocycles. The Kier molecular flexibility index (Phi) is 2.50. The van der Waals surface area contributed by atoms with Crippen molar-refractivity contribution in [2.75, 3.05) is 0 Å². The molecule has 72 valence electrons. The van der Waals surface area contributed by atoms with E-state index in [0.717, 1.165) is 31.7 Å². The van der Waals surface area contributed by atoms with Crippen LogP contribution in [0.25, 0.3) is 10.9 Å². The monoisotopic (exact) mass is 269 g/mol. The van der Waals surface area contributed by atoms with Gasteiger partial charge >= 0.3 is 0 Å². The highest BCUT2D eigenvalue weighted by molar-refractivity contribution is 9.10. The smallest absolute Gasteiger partial charge is 0.0750 e. The van der Waals surface area contributed by atoms with E-state index in [1.165, 1.54) is 0 Å². The number of benzene rings is 1. The number of aryl methyl sites for hydroxylation is 2. The van der Waals surface area contributed by atoms with Gasteiger partial charge in [0.2, 0.25) is 0 Å². The average molecular weight is 271 g/mol. The minimum Gasteiger partial charge on any atom is -0.253 e. The summed E-state index contributed by atoms with van der Waals surface area (Å²) in [5.74, 6) is 0. The Morgan fingerprint density at radius 2 is 1.93 bits per heavy atom. The SMILES string of the molecule is Cc1cc(Cl)c2cc(Br)cc(C)c2n1. The molecule has 0 bridgehead atoms. The summed E-state index contributed by atoms with van der Waals surface area (Å²) in [5, 5.41) is 1.76. The van der Waals surface area contributed by atoms with E-state index >= 15 is 0 Å². The Balaban J connectivity index is 2.94. The first-order chi connectivity index (χ1) is 6.58. The van der Waals surface area contributed by atoms with Gasteiger partial charge in [0, 0.05) is 15.6 Å². The normalized spacial score (nSPS) is 10.9. The Bertz CT molecular complexity index is 461. The van der Waals surface area contributed by atoms with Crippen molar-refractivity contribution in [2.45, 2.75) is 13.8 Å². The standard InChI is InChI=1S/C11H9BrClN/c1-6-3-8(12)5-9-10(13)4-7(2)14-11(6)9/h3-5H,1-2H3. The van der Waals surface area contributed by atoms with Gasteiger partial charge in [-0.1, -0.05) is 27.5 Å². The van der Waals surface area contributed by atoms with Crippen LogP contribution in [0.5, 0.6) is 0 Å². The van der Waals surface area contributed by atoms with Crippen LogP contribution in [0.3, 0.4) is 0 Å². The lowest BCUT2D eigenvalue weighted by Crippen LogP contribution is -1.88. The average Bonchev–Trinajstić information content (AvgIpc) is 2.07. The van der Waals surface area contributed by atoms with Crippen LogP contribution >= 0.6 is 27.5 Å². The summed E-state index contributed by atoms with van der Waals surface area (Å²) in [5.41, 5.74) is 3.08. The van der Waals surface area contributed by atoms with E-state index in [9.17, 15) is 0 Å². The third-order valence-corrected chi connectivity index (χ3v) is 2.92. The molecule has 0 amide bonds. The second kappa shape index (κ2) is 3.52. The Morgan fingerprint density at radius 1 is 1.21 bits per heavy atom. The first kappa shape index (κ1) is 9.94. The lowest BCUT2D eigenvalue weighted by molar-refractivity contribution is 1.24. The van der Waals surface area contributed by atoms with Crippen LogP contribution in [0.15, 0.2) is 22.7 Å². The van der Waals surface area contributed by atoms with Crippen molar-refractivity contribution in [3.05, 3.63) is 39.0 Å². The molecule has 0 aliphatic carbocycles. The molecule has 0 N–H and O–H groups in total. The number of aromatic nitrogens is 1. The predicted molar refractivity (Wildman–Crippen MR) is 63.9 cm³/mol. The van der Waals surface area contributed by atoms with Gasteiger partial charge in [-0.15, -0.1) is 0 Å². The fourth-order valence-corrected chi connectivity index (χ4v) is 2.41. The van der Waals surface area contributed by atoms with Gasteiger partial charge in [-0.25, -0.2) is 0 Å². The number of fused-ring (bicyclic) bond motifs is 1. The maximum Gasteiger partial charge on any atom is 0.0750 e. The summed E-state index contributed by atoms with van der Waals surface area (Å²) >= 11 is 9.59. The van der Waals surface area contributed by atoms with Gasteiger partial charge in [-0.2, -0.15) is 0 Å². The molecule has 0 fully saturated rings. The highest BCUT2D eigenvalue weighted by atomic mass is 79.9. The van der Waals surface area contributed by atoms with Crippen LogP contribution in [-0.2, 0) is 0 Å². The summed E-state index contributed by atoms with van der Waals surface area (Å²) in [6.45, 7) is 3.99. The lowest BCUT2D eigenvalue weighted by Gasteiger charge is -2.05. The van der Waals surface area contributed by atoms with Crippen molar-refractivity contribution in [3.8, 4) is 0 Å². The molecule has 0 radical (unpaired) electrons. The summed E-state index contributed by atoms with van der Waals surface area (Å²) < 4.78 is 1.04. The second-order valence-electron chi connectivity index (χ2n) is 3.36. The van der Waals surface area contributed by atoms with E-state index in [-0.39, 0.29) is 0 Å². The summed E-state index contributed by atoms with van der Waals surface area (Å²) in [6, 6.07) is 5.93. The van der Waals surface area contributed by atoms with Crippen molar-refractivity contribution in [1.82, 2.24) is 4.98 Å². The molecule has 0 atom stereocenters. The van der Waals surface area contributed by atoms with Crippen LogP contribution < -0.4 is 0 Å². The Hall–Kier alpha value is -0.600. The molecule has 0 aliphatic heterocycles. The molecule has 0 saturated heterocycles. The van der Waals surface area contributed by atoms with Crippen LogP contribution in [0.1, 0.15) is 11.3 Å². The number of halogens is 2. The van der Waals surface area contributed by atoms with Gasteiger partial charge in [0.25, 0.3) is 0 Å². The quantitative estimate of drug-likeness (QED) is 0.697. The van der Waals surface area contributed by atoms with Crippen LogP contribution in [0.4, 0.5) is 0 Å². The second-order valence-corrected chi connectivity index (χ2v) is 4.69. The van der Waals surface area contributed by atoms with Crippen molar-refractivity contribution < 1.29 is 0 Å². The molecule has 0 unspecified atom stereocenters. The van der Waals surface area contributed by atoms with Crippen molar-refractivity contribution in [1.29, 1.82) is 0 Å². The van der Waals surface area contributed by atoms with E-state index in [4.69, 9.17) is 11.6 Å². The van der Waals surface area contributed by atoms with Crippen LogP contribution in [-0.4, -0.2) is 4.98 Å². The van der Waals surface area contributed by atoms with Gasteiger partial charge in [0.1, 0.15) is 0 Å². The zero-order valence-electron chi connectivity index (χ0n) is 7.94. The molecule has 1 aromatic carbocycles. The molecule has 0 saturated carbocycles. The van der Waals surface area contributed by atoms with E-state index in [2.05, 4.69) is 20.9 Å². The van der Waals surface area contributed by atoms with Crippen molar-refractivity contribution in [3.63, 3.8) is 0 Å².